The zero-order valence-electron chi connectivity index (χ0n) is 11.4. The van der Waals surface area contributed by atoms with Crippen molar-refractivity contribution in [2.24, 2.45) is 0 Å². The average Bonchev–Trinajstić information content (AvgIpc) is 2.92. The molecule has 110 valence electrons. The largest absolute Gasteiger partial charge is 0.481 e. The first-order valence-corrected chi connectivity index (χ1v) is 6.38. The molecule has 0 saturated carbocycles. The van der Waals surface area contributed by atoms with E-state index in [0.717, 1.165) is 11.3 Å². The van der Waals surface area contributed by atoms with E-state index in [2.05, 4.69) is 20.8 Å². The smallest absolute Gasteiger partial charge is 0.305 e. The molecule has 1 aromatic carbocycles. The molecule has 0 bridgehead atoms. The molecule has 8 nitrogen and oxygen atoms in total. The molecule has 0 aliphatic carbocycles. The molecule has 8 heteroatoms. The lowest BCUT2D eigenvalue weighted by molar-refractivity contribution is -0.137. The van der Waals surface area contributed by atoms with Crippen LogP contribution in [0.2, 0.25) is 0 Å². The van der Waals surface area contributed by atoms with E-state index in [0.29, 0.717) is 0 Å². The Bertz CT molecular complexity index is 609. The summed E-state index contributed by atoms with van der Waals surface area (Å²) in [5.41, 5.74) is 1.62. The van der Waals surface area contributed by atoms with Crippen LogP contribution in [0, 0.1) is 0 Å². The summed E-state index contributed by atoms with van der Waals surface area (Å²) in [6.45, 7) is 1.66. The summed E-state index contributed by atoms with van der Waals surface area (Å²) in [6, 6.07) is 6.83. The predicted octanol–water partition coefficient (Wildman–Crippen LogP) is 0.184. The van der Waals surface area contributed by atoms with Crippen molar-refractivity contribution in [1.82, 2.24) is 25.5 Å². The van der Waals surface area contributed by atoms with Crippen LogP contribution < -0.4 is 5.32 Å². The third-order valence-corrected chi connectivity index (χ3v) is 2.80. The molecule has 0 aliphatic heterocycles. The number of hydrogen-bond donors (Lipinski definition) is 2. The van der Waals surface area contributed by atoms with Crippen molar-refractivity contribution in [3.05, 3.63) is 36.2 Å². The molecule has 0 spiro atoms. The van der Waals surface area contributed by atoms with E-state index in [4.69, 9.17) is 5.11 Å². The highest BCUT2D eigenvalue weighted by molar-refractivity contribution is 5.79. The van der Waals surface area contributed by atoms with E-state index in [1.54, 1.807) is 31.2 Å². The highest BCUT2D eigenvalue weighted by Crippen LogP contribution is 2.08. The molecule has 0 aliphatic rings. The molecule has 2 rings (SSSR count). The van der Waals surface area contributed by atoms with E-state index in [-0.39, 0.29) is 18.7 Å². The summed E-state index contributed by atoms with van der Waals surface area (Å²) < 4.78 is 1.51. The molecule has 2 aromatic rings. The Morgan fingerprint density at radius 3 is 2.62 bits per heavy atom. The van der Waals surface area contributed by atoms with Gasteiger partial charge in [-0.2, -0.15) is 0 Å². The first kappa shape index (κ1) is 14.6. The number of carbonyl (C=O) groups excluding carboxylic acids is 1. The minimum absolute atomic E-state index is 0.0933. The van der Waals surface area contributed by atoms with E-state index in [9.17, 15) is 9.59 Å². The summed E-state index contributed by atoms with van der Waals surface area (Å²) in [6.07, 6.45) is 1.58. The standard InChI is InChI=1S/C13H15N5O3/c1-9(6-13(20)21)15-12(19)7-10-2-4-11(5-3-10)18-8-14-16-17-18/h2-5,8-9H,6-7H2,1H3,(H,15,19)(H,20,21). The molecular formula is C13H15N5O3. The summed E-state index contributed by atoms with van der Waals surface area (Å²) in [7, 11) is 0. The second-order valence-electron chi connectivity index (χ2n) is 4.66. The highest BCUT2D eigenvalue weighted by Gasteiger charge is 2.11. The molecule has 1 unspecified atom stereocenters. The fourth-order valence-corrected chi connectivity index (χ4v) is 1.87. The minimum atomic E-state index is -0.936. The first-order chi connectivity index (χ1) is 10.0. The molecule has 0 fully saturated rings. The summed E-state index contributed by atoms with van der Waals surface area (Å²) in [5, 5.41) is 22.1. The molecule has 1 aromatic heterocycles. The normalized spacial score (nSPS) is 11.9. The molecular weight excluding hydrogens is 274 g/mol. The quantitative estimate of drug-likeness (QED) is 0.785. The maximum atomic E-state index is 11.8. The second-order valence-corrected chi connectivity index (χ2v) is 4.66. The zero-order valence-corrected chi connectivity index (χ0v) is 11.4. The number of amides is 1. The fourth-order valence-electron chi connectivity index (χ4n) is 1.87. The van der Waals surface area contributed by atoms with E-state index in [1.807, 2.05) is 0 Å². The summed E-state index contributed by atoms with van der Waals surface area (Å²) in [4.78, 5) is 22.3. The Morgan fingerprint density at radius 2 is 2.05 bits per heavy atom. The Balaban J connectivity index is 1.91. The van der Waals surface area contributed by atoms with Gasteiger partial charge < -0.3 is 10.4 Å². The van der Waals surface area contributed by atoms with Gasteiger partial charge in [0.05, 0.1) is 18.5 Å². The third kappa shape index (κ3) is 4.37. The van der Waals surface area contributed by atoms with Gasteiger partial charge in [0, 0.05) is 6.04 Å². The molecule has 1 heterocycles. The van der Waals surface area contributed by atoms with Gasteiger partial charge in [-0.15, -0.1) is 5.10 Å². The number of benzene rings is 1. The van der Waals surface area contributed by atoms with Crippen LogP contribution >= 0.6 is 0 Å². The van der Waals surface area contributed by atoms with Crippen LogP contribution in [0.5, 0.6) is 0 Å². The lowest BCUT2D eigenvalue weighted by Gasteiger charge is -2.11. The highest BCUT2D eigenvalue weighted by atomic mass is 16.4. The number of carbonyl (C=O) groups is 2. The summed E-state index contributed by atoms with van der Waals surface area (Å²) in [5.74, 6) is -1.15. The monoisotopic (exact) mass is 289 g/mol. The average molecular weight is 289 g/mol. The zero-order chi connectivity index (χ0) is 15.2. The van der Waals surface area contributed by atoms with Gasteiger partial charge in [0.1, 0.15) is 6.33 Å². The number of tetrazole rings is 1. The van der Waals surface area contributed by atoms with Crippen molar-refractivity contribution < 1.29 is 14.7 Å². The van der Waals surface area contributed by atoms with Crippen LogP contribution in [0.3, 0.4) is 0 Å². The van der Waals surface area contributed by atoms with Crippen LogP contribution in [-0.4, -0.2) is 43.2 Å². The first-order valence-electron chi connectivity index (χ1n) is 6.38. The topological polar surface area (TPSA) is 110 Å². The molecule has 21 heavy (non-hydrogen) atoms. The second kappa shape index (κ2) is 6.60. The lowest BCUT2D eigenvalue weighted by atomic mass is 10.1. The van der Waals surface area contributed by atoms with Crippen molar-refractivity contribution in [2.45, 2.75) is 25.8 Å². The van der Waals surface area contributed by atoms with Crippen LogP contribution in [0.1, 0.15) is 18.9 Å². The van der Waals surface area contributed by atoms with Gasteiger partial charge in [0.25, 0.3) is 0 Å². The maximum absolute atomic E-state index is 11.8. The van der Waals surface area contributed by atoms with Gasteiger partial charge in [-0.05, 0) is 35.0 Å². The van der Waals surface area contributed by atoms with Crippen molar-refractivity contribution in [2.75, 3.05) is 0 Å². The SMILES string of the molecule is CC(CC(=O)O)NC(=O)Cc1ccc(-n2cnnn2)cc1. The maximum Gasteiger partial charge on any atom is 0.305 e. The Kier molecular flexibility index (Phi) is 4.60. The molecule has 0 radical (unpaired) electrons. The van der Waals surface area contributed by atoms with Gasteiger partial charge >= 0.3 is 5.97 Å². The van der Waals surface area contributed by atoms with Crippen molar-refractivity contribution in [3.63, 3.8) is 0 Å². The predicted molar refractivity (Wildman–Crippen MR) is 72.7 cm³/mol. The fraction of sp³-hybridized carbons (Fsp3) is 0.308. The van der Waals surface area contributed by atoms with Crippen LogP contribution in [0.15, 0.2) is 30.6 Å². The Morgan fingerprint density at radius 1 is 1.33 bits per heavy atom. The minimum Gasteiger partial charge on any atom is -0.481 e. The third-order valence-electron chi connectivity index (χ3n) is 2.80. The van der Waals surface area contributed by atoms with Crippen LogP contribution in [0.4, 0.5) is 0 Å². The van der Waals surface area contributed by atoms with E-state index in [1.165, 1.54) is 11.0 Å². The van der Waals surface area contributed by atoms with Gasteiger partial charge in [-0.1, -0.05) is 12.1 Å². The number of carboxylic acids is 1. The van der Waals surface area contributed by atoms with Gasteiger partial charge in [0.2, 0.25) is 5.91 Å². The molecule has 1 amide bonds. The number of carboxylic acid groups (broad SMARTS) is 1. The van der Waals surface area contributed by atoms with Crippen molar-refractivity contribution in [1.29, 1.82) is 0 Å². The van der Waals surface area contributed by atoms with Crippen LogP contribution in [-0.2, 0) is 16.0 Å². The summed E-state index contributed by atoms with van der Waals surface area (Å²) >= 11 is 0. The Labute approximate surface area is 120 Å². The number of nitrogens with zero attached hydrogens (tertiary/aromatic N) is 4. The van der Waals surface area contributed by atoms with Gasteiger partial charge in [-0.25, -0.2) is 4.68 Å². The number of nitrogens with one attached hydrogen (secondary N) is 1. The Hall–Kier alpha value is -2.77. The number of hydrogen-bond acceptors (Lipinski definition) is 5. The van der Waals surface area contributed by atoms with Crippen molar-refractivity contribution in [3.8, 4) is 5.69 Å². The van der Waals surface area contributed by atoms with Crippen LogP contribution in [0.25, 0.3) is 5.69 Å². The van der Waals surface area contributed by atoms with Gasteiger partial charge in [-0.3, -0.25) is 9.59 Å². The molecule has 0 saturated heterocycles. The number of rotatable bonds is 6. The van der Waals surface area contributed by atoms with E-state index >= 15 is 0 Å². The number of aliphatic carboxylic acids is 1. The van der Waals surface area contributed by atoms with Gasteiger partial charge in [0.15, 0.2) is 0 Å². The number of aromatic nitrogens is 4. The molecule has 1 atom stereocenters. The van der Waals surface area contributed by atoms with E-state index < -0.39 is 12.0 Å². The lowest BCUT2D eigenvalue weighted by Crippen LogP contribution is -2.35. The van der Waals surface area contributed by atoms with Crippen molar-refractivity contribution >= 4 is 11.9 Å². The molecule has 2 N–H and O–H groups in total.